The van der Waals surface area contributed by atoms with Crippen molar-refractivity contribution >= 4 is 62.7 Å². The van der Waals surface area contributed by atoms with Crippen molar-refractivity contribution in [3.05, 3.63) is 0 Å². The molecule has 0 fully saturated rings. The Hall–Kier alpha value is 2.37. The fourth-order valence-electron chi connectivity index (χ4n) is 0. The van der Waals surface area contributed by atoms with Crippen LogP contribution in [0.4, 0.5) is 0 Å². The molecular weight excluding hydrogens is 226 g/mol. The topological polar surface area (TPSA) is 57.5 Å². The van der Waals surface area contributed by atoms with Crippen LogP contribution in [-0.2, 0) is 31.8 Å². The first-order valence-electron chi connectivity index (χ1n) is 0.532. The van der Waals surface area contributed by atoms with Crippen molar-refractivity contribution in [3.63, 3.8) is 0 Å². The fourth-order valence-corrected chi connectivity index (χ4v) is 0. The second kappa shape index (κ2) is 10.4. The van der Waals surface area contributed by atoms with Crippen LogP contribution in [0.5, 0.6) is 0 Å². The molecule has 0 aliphatic heterocycles. The number of rotatable bonds is 0. The molecule has 0 heterocycles. The standard InChI is InChI=1S/K.H2O3S.Pd.H/c;1-4(2)3;;/h;(H2,1,2,3);;. The maximum absolute atomic E-state index is 8.67. The monoisotopic (exact) mass is 228 g/mol. The van der Waals surface area contributed by atoms with Crippen LogP contribution in [-0.4, -0.2) is 64.7 Å². The van der Waals surface area contributed by atoms with Gasteiger partial charge in [-0.25, -0.2) is 0 Å². The van der Waals surface area contributed by atoms with Gasteiger partial charge in [-0.2, -0.15) is 4.21 Å². The molecule has 0 spiro atoms. The van der Waals surface area contributed by atoms with Crippen LogP contribution >= 0.6 is 0 Å². The van der Waals surface area contributed by atoms with Gasteiger partial charge >= 0.3 is 51.4 Å². The molecule has 0 amide bonds. The Bertz CT molecular complexity index is 33.8. The minimum absolute atomic E-state index is 0. The maximum atomic E-state index is 8.67. The molecule has 6 heavy (non-hydrogen) atoms. The summed E-state index contributed by atoms with van der Waals surface area (Å²) in [5.41, 5.74) is 0. The normalized spacial score (nSPS) is 5.83. The van der Waals surface area contributed by atoms with Gasteiger partial charge in [0.2, 0.25) is 0 Å². The molecule has 38 valence electrons. The van der Waals surface area contributed by atoms with Crippen LogP contribution in [0.15, 0.2) is 0 Å². The van der Waals surface area contributed by atoms with E-state index in [9.17, 15) is 0 Å². The van der Waals surface area contributed by atoms with Crippen LogP contribution in [0.25, 0.3) is 0 Å². The molecular formula is H3KO3PdS. The zero-order chi connectivity index (χ0) is 3.58. The van der Waals surface area contributed by atoms with Crippen molar-refractivity contribution in [1.82, 2.24) is 0 Å². The molecule has 0 aromatic rings. The fraction of sp³-hybridized carbons (Fsp3) is 0. The van der Waals surface area contributed by atoms with Gasteiger partial charge in [0.1, 0.15) is 0 Å². The number of hydrogen-bond donors (Lipinski definition) is 2. The first kappa shape index (κ1) is 15.8. The van der Waals surface area contributed by atoms with E-state index in [1.54, 1.807) is 0 Å². The van der Waals surface area contributed by atoms with Gasteiger partial charge in [-0.15, -0.1) is 0 Å². The van der Waals surface area contributed by atoms with E-state index >= 15 is 0 Å². The van der Waals surface area contributed by atoms with Gasteiger partial charge in [-0.05, 0) is 0 Å². The minimum Gasteiger partial charge on any atom is 0 e. The molecule has 0 aromatic heterocycles. The molecule has 0 atom stereocenters. The van der Waals surface area contributed by atoms with Crippen molar-refractivity contribution in [2.24, 2.45) is 0 Å². The van der Waals surface area contributed by atoms with Gasteiger partial charge in [0.05, 0.1) is 0 Å². The molecule has 2 N–H and O–H groups in total. The second-order valence-corrected chi connectivity index (χ2v) is 0.692. The summed E-state index contributed by atoms with van der Waals surface area (Å²) in [6.07, 6.45) is 0. The van der Waals surface area contributed by atoms with E-state index < -0.39 is 11.4 Å². The molecule has 0 bridgehead atoms. The van der Waals surface area contributed by atoms with Gasteiger partial charge < -0.3 is 0 Å². The van der Waals surface area contributed by atoms with Gasteiger partial charge in [0.15, 0.2) is 0 Å². The SMILES string of the molecule is O=S(O)O.[KH].[Pd]. The number of hydrogen-bond acceptors (Lipinski definition) is 1. The third kappa shape index (κ3) is 32.7. The molecule has 0 aromatic carbocycles. The predicted molar refractivity (Wildman–Crippen MR) is 20.5 cm³/mol. The van der Waals surface area contributed by atoms with Gasteiger partial charge in [-0.1, -0.05) is 0 Å². The molecule has 0 aliphatic rings. The zero-order valence-electron chi connectivity index (χ0n) is 2.03. The van der Waals surface area contributed by atoms with Crippen LogP contribution in [0.3, 0.4) is 0 Å². The Morgan fingerprint density at radius 1 is 1.33 bits per heavy atom. The molecule has 0 saturated heterocycles. The summed E-state index contributed by atoms with van der Waals surface area (Å²) in [7, 11) is 0. The molecule has 0 aliphatic carbocycles. The third-order valence-electron chi connectivity index (χ3n) is 0. The average Bonchev–Trinajstić information content (AvgIpc) is 0.811. The Labute approximate surface area is 94.5 Å². The quantitative estimate of drug-likeness (QED) is 0.414. The van der Waals surface area contributed by atoms with E-state index in [0.717, 1.165) is 0 Å². The maximum Gasteiger partial charge on any atom is 0 e. The van der Waals surface area contributed by atoms with Crippen molar-refractivity contribution < 1.29 is 33.7 Å². The molecule has 3 nitrogen and oxygen atoms in total. The average molecular weight is 229 g/mol. The van der Waals surface area contributed by atoms with Crippen LogP contribution in [0.2, 0.25) is 0 Å². The Kier molecular flexibility index (Phi) is 27.2. The van der Waals surface area contributed by atoms with Crippen LogP contribution < -0.4 is 0 Å². The summed E-state index contributed by atoms with van der Waals surface area (Å²) >= 11 is -2.61. The van der Waals surface area contributed by atoms with E-state index in [2.05, 4.69) is 0 Å². The van der Waals surface area contributed by atoms with Gasteiger partial charge in [0.25, 0.3) is 11.4 Å². The predicted octanol–water partition coefficient (Wildman–Crippen LogP) is -0.970. The van der Waals surface area contributed by atoms with Crippen molar-refractivity contribution in [2.75, 3.05) is 0 Å². The Morgan fingerprint density at radius 2 is 1.33 bits per heavy atom. The van der Waals surface area contributed by atoms with Crippen molar-refractivity contribution in [3.8, 4) is 0 Å². The van der Waals surface area contributed by atoms with E-state index in [0.29, 0.717) is 0 Å². The Morgan fingerprint density at radius 3 is 1.33 bits per heavy atom. The zero-order valence-corrected chi connectivity index (χ0v) is 4.40. The summed E-state index contributed by atoms with van der Waals surface area (Å²) in [6, 6.07) is 0. The largest absolute Gasteiger partial charge is 0 e. The second-order valence-electron chi connectivity index (χ2n) is 0.231. The first-order chi connectivity index (χ1) is 1.73. The molecule has 0 saturated carbocycles. The van der Waals surface area contributed by atoms with E-state index in [1.807, 2.05) is 0 Å². The van der Waals surface area contributed by atoms with Crippen molar-refractivity contribution in [2.45, 2.75) is 0 Å². The summed E-state index contributed by atoms with van der Waals surface area (Å²) < 4.78 is 22.8. The molecule has 6 heteroatoms. The van der Waals surface area contributed by atoms with E-state index in [4.69, 9.17) is 13.3 Å². The van der Waals surface area contributed by atoms with Crippen LogP contribution in [0, 0.1) is 0 Å². The minimum atomic E-state index is -2.61. The molecule has 0 rings (SSSR count). The third-order valence-corrected chi connectivity index (χ3v) is 0. The van der Waals surface area contributed by atoms with E-state index in [-0.39, 0.29) is 71.8 Å². The van der Waals surface area contributed by atoms with Crippen LogP contribution in [0.1, 0.15) is 0 Å². The summed E-state index contributed by atoms with van der Waals surface area (Å²) in [5, 5.41) is 0. The summed E-state index contributed by atoms with van der Waals surface area (Å²) in [6.45, 7) is 0. The Balaban J connectivity index is -0.0000000450. The smallest absolute Gasteiger partial charge is 0 e. The van der Waals surface area contributed by atoms with Crippen molar-refractivity contribution in [1.29, 1.82) is 0 Å². The molecule has 0 radical (unpaired) electrons. The molecule has 0 unspecified atom stereocenters. The summed E-state index contributed by atoms with van der Waals surface area (Å²) in [4.78, 5) is 0. The van der Waals surface area contributed by atoms with E-state index in [1.165, 1.54) is 0 Å². The van der Waals surface area contributed by atoms with Gasteiger partial charge in [-0.3, -0.25) is 9.11 Å². The first-order valence-corrected chi connectivity index (χ1v) is 1.60. The summed E-state index contributed by atoms with van der Waals surface area (Å²) in [5.74, 6) is 0. The van der Waals surface area contributed by atoms with Gasteiger partial charge in [0, 0.05) is 20.4 Å².